The monoisotopic (exact) mass is 331 g/mol. The molecule has 8 heteroatoms. The maximum Gasteiger partial charge on any atom is 0.329 e. The lowest BCUT2D eigenvalue weighted by Crippen LogP contribution is -2.29. The molecule has 3 aromatic heterocycles. The fourth-order valence-electron chi connectivity index (χ4n) is 3.34. The standard InChI is InChI=1S/C15H17N5O2S/c1-18-11-12(19(2)15(22)17-13(11)21)16-14(18)20-7-3-5-9(20)10-6-4-8-23-10/h4,6,8-9H,3,5,7H2,1-2H3,(H,17,21,22). The van der Waals surface area contributed by atoms with Crippen LogP contribution in [-0.2, 0) is 14.1 Å². The highest BCUT2D eigenvalue weighted by Crippen LogP contribution is 2.37. The largest absolute Gasteiger partial charge is 0.334 e. The summed E-state index contributed by atoms with van der Waals surface area (Å²) in [5.74, 6) is 0.739. The highest BCUT2D eigenvalue weighted by atomic mass is 32.1. The molecule has 120 valence electrons. The molecule has 1 N–H and O–H groups in total. The van der Waals surface area contributed by atoms with Crippen LogP contribution in [0.4, 0.5) is 5.95 Å². The molecule has 0 saturated carbocycles. The Kier molecular flexibility index (Phi) is 3.15. The van der Waals surface area contributed by atoms with Gasteiger partial charge in [0.05, 0.1) is 6.04 Å². The molecule has 3 aromatic rings. The molecule has 1 aliphatic rings. The van der Waals surface area contributed by atoms with Crippen molar-refractivity contribution in [3.05, 3.63) is 43.2 Å². The predicted molar refractivity (Wildman–Crippen MR) is 90.2 cm³/mol. The van der Waals surface area contributed by atoms with Crippen molar-refractivity contribution < 1.29 is 0 Å². The molecule has 7 nitrogen and oxygen atoms in total. The van der Waals surface area contributed by atoms with Crippen molar-refractivity contribution in [1.82, 2.24) is 19.1 Å². The summed E-state index contributed by atoms with van der Waals surface area (Å²) in [5.41, 5.74) is 0.0200. The number of nitrogens with zero attached hydrogens (tertiary/aromatic N) is 4. The molecule has 0 aromatic carbocycles. The SMILES string of the molecule is Cn1c(N2CCCC2c2cccs2)nc2c1c(=O)[nH]c(=O)n2C. The van der Waals surface area contributed by atoms with Crippen LogP contribution in [0.3, 0.4) is 0 Å². The van der Waals surface area contributed by atoms with Crippen LogP contribution < -0.4 is 16.1 Å². The van der Waals surface area contributed by atoms with Gasteiger partial charge < -0.3 is 9.47 Å². The number of thiophene rings is 1. The van der Waals surface area contributed by atoms with Gasteiger partial charge in [0.1, 0.15) is 0 Å². The first-order valence-corrected chi connectivity index (χ1v) is 8.41. The van der Waals surface area contributed by atoms with E-state index in [2.05, 4.69) is 32.4 Å². The highest BCUT2D eigenvalue weighted by Gasteiger charge is 2.31. The van der Waals surface area contributed by atoms with Crippen LogP contribution in [0.2, 0.25) is 0 Å². The summed E-state index contributed by atoms with van der Waals surface area (Å²) in [4.78, 5) is 34.4. The van der Waals surface area contributed by atoms with E-state index in [1.165, 1.54) is 9.44 Å². The van der Waals surface area contributed by atoms with Gasteiger partial charge in [-0.15, -0.1) is 11.3 Å². The van der Waals surface area contributed by atoms with Crippen molar-refractivity contribution >= 4 is 28.4 Å². The number of aromatic amines is 1. The maximum absolute atomic E-state index is 12.2. The van der Waals surface area contributed by atoms with Crippen LogP contribution >= 0.6 is 11.3 Å². The fourth-order valence-corrected chi connectivity index (χ4v) is 4.21. The third-order valence-electron chi connectivity index (χ3n) is 4.49. The summed E-state index contributed by atoms with van der Waals surface area (Å²) in [5, 5.41) is 2.08. The first-order valence-electron chi connectivity index (χ1n) is 7.53. The van der Waals surface area contributed by atoms with Crippen molar-refractivity contribution in [3.63, 3.8) is 0 Å². The van der Waals surface area contributed by atoms with Crippen LogP contribution in [0.1, 0.15) is 23.8 Å². The second kappa shape index (κ2) is 5.09. The third kappa shape index (κ3) is 2.05. The van der Waals surface area contributed by atoms with E-state index in [4.69, 9.17) is 0 Å². The van der Waals surface area contributed by atoms with Gasteiger partial charge >= 0.3 is 5.69 Å². The molecule has 0 bridgehead atoms. The van der Waals surface area contributed by atoms with E-state index < -0.39 is 11.2 Å². The number of aryl methyl sites for hydroxylation is 2. The van der Waals surface area contributed by atoms with Gasteiger partial charge in [-0.3, -0.25) is 14.3 Å². The maximum atomic E-state index is 12.2. The Labute approximate surface area is 135 Å². The number of rotatable bonds is 2. The number of hydrogen-bond acceptors (Lipinski definition) is 5. The predicted octanol–water partition coefficient (Wildman–Crippen LogP) is 1.36. The quantitative estimate of drug-likeness (QED) is 0.769. The Hall–Kier alpha value is -2.35. The molecule has 4 heterocycles. The molecule has 1 atom stereocenters. The lowest BCUT2D eigenvalue weighted by molar-refractivity contribution is 0.700. The second-order valence-corrected chi connectivity index (χ2v) is 6.81. The van der Waals surface area contributed by atoms with Gasteiger partial charge in [-0.2, -0.15) is 4.98 Å². The molecule has 0 aliphatic carbocycles. The smallest absolute Gasteiger partial charge is 0.329 e. The van der Waals surface area contributed by atoms with Gasteiger partial charge in [0.2, 0.25) is 5.95 Å². The molecule has 0 spiro atoms. The lowest BCUT2D eigenvalue weighted by Gasteiger charge is -2.24. The summed E-state index contributed by atoms with van der Waals surface area (Å²) in [6.45, 7) is 0.894. The summed E-state index contributed by atoms with van der Waals surface area (Å²) in [6.07, 6.45) is 2.15. The van der Waals surface area contributed by atoms with Gasteiger partial charge in [-0.05, 0) is 24.3 Å². The Morgan fingerprint density at radius 2 is 2.13 bits per heavy atom. The number of anilines is 1. The van der Waals surface area contributed by atoms with Gasteiger partial charge in [0.15, 0.2) is 11.2 Å². The fraction of sp³-hybridized carbons (Fsp3) is 0.400. The molecule has 23 heavy (non-hydrogen) atoms. The van der Waals surface area contributed by atoms with E-state index in [0.717, 1.165) is 25.3 Å². The third-order valence-corrected chi connectivity index (χ3v) is 5.47. The molecule has 0 radical (unpaired) electrons. The topological polar surface area (TPSA) is 75.9 Å². The van der Waals surface area contributed by atoms with Crippen LogP contribution in [0.5, 0.6) is 0 Å². The zero-order chi connectivity index (χ0) is 16.1. The normalized spacial score (nSPS) is 18.2. The first-order chi connectivity index (χ1) is 11.1. The molecule has 0 amide bonds. The minimum atomic E-state index is -0.441. The van der Waals surface area contributed by atoms with Gasteiger partial charge in [-0.25, -0.2) is 4.79 Å². The van der Waals surface area contributed by atoms with E-state index in [1.54, 1.807) is 23.0 Å². The number of aromatic nitrogens is 4. The number of fused-ring (bicyclic) bond motifs is 1. The molecular formula is C15H17N5O2S. The first kappa shape index (κ1) is 14.3. The minimum Gasteiger partial charge on any atom is -0.334 e. The zero-order valence-corrected chi connectivity index (χ0v) is 13.8. The van der Waals surface area contributed by atoms with Gasteiger partial charge in [0.25, 0.3) is 5.56 Å². The van der Waals surface area contributed by atoms with E-state index in [0.29, 0.717) is 11.2 Å². The molecule has 1 aliphatic heterocycles. The summed E-state index contributed by atoms with van der Waals surface area (Å²) < 4.78 is 3.18. The van der Waals surface area contributed by atoms with Crippen LogP contribution in [0, 0.1) is 0 Å². The van der Waals surface area contributed by atoms with E-state index in [1.807, 2.05) is 7.05 Å². The van der Waals surface area contributed by atoms with Crippen LogP contribution in [0.25, 0.3) is 11.2 Å². The Morgan fingerprint density at radius 1 is 1.30 bits per heavy atom. The second-order valence-electron chi connectivity index (χ2n) is 5.83. The number of imidazole rings is 1. The number of nitrogens with one attached hydrogen (secondary N) is 1. The van der Waals surface area contributed by atoms with Crippen molar-refractivity contribution in [2.75, 3.05) is 11.4 Å². The molecular weight excluding hydrogens is 314 g/mol. The van der Waals surface area contributed by atoms with Gasteiger partial charge in [0, 0.05) is 25.5 Å². The van der Waals surface area contributed by atoms with Crippen molar-refractivity contribution in [3.8, 4) is 0 Å². The molecule has 1 unspecified atom stereocenters. The van der Waals surface area contributed by atoms with E-state index in [-0.39, 0.29) is 6.04 Å². The summed E-state index contributed by atoms with van der Waals surface area (Å²) in [7, 11) is 3.45. The minimum absolute atomic E-state index is 0.279. The lowest BCUT2D eigenvalue weighted by atomic mass is 10.2. The van der Waals surface area contributed by atoms with Crippen LogP contribution in [-0.4, -0.2) is 25.6 Å². The van der Waals surface area contributed by atoms with E-state index in [9.17, 15) is 9.59 Å². The average Bonchev–Trinajstić information content (AvgIpc) is 3.23. The average molecular weight is 331 g/mol. The van der Waals surface area contributed by atoms with E-state index >= 15 is 0 Å². The summed E-state index contributed by atoms with van der Waals surface area (Å²) in [6, 6.07) is 4.47. The number of hydrogen-bond donors (Lipinski definition) is 1. The van der Waals surface area contributed by atoms with Crippen molar-refractivity contribution in [2.45, 2.75) is 18.9 Å². The van der Waals surface area contributed by atoms with Crippen molar-refractivity contribution in [2.24, 2.45) is 14.1 Å². The highest BCUT2D eigenvalue weighted by molar-refractivity contribution is 7.10. The molecule has 1 saturated heterocycles. The summed E-state index contributed by atoms with van der Waals surface area (Å²) >= 11 is 1.74. The Balaban J connectivity index is 1.91. The number of H-pyrrole nitrogens is 1. The van der Waals surface area contributed by atoms with Crippen LogP contribution in [0.15, 0.2) is 27.1 Å². The zero-order valence-electron chi connectivity index (χ0n) is 12.9. The molecule has 1 fully saturated rings. The van der Waals surface area contributed by atoms with Crippen molar-refractivity contribution in [1.29, 1.82) is 0 Å². The Morgan fingerprint density at radius 3 is 2.87 bits per heavy atom. The Bertz CT molecular complexity index is 982. The molecule has 4 rings (SSSR count). The van der Waals surface area contributed by atoms with Gasteiger partial charge in [-0.1, -0.05) is 6.07 Å².